The highest BCUT2D eigenvalue weighted by atomic mass is 35.5. The van der Waals surface area contributed by atoms with E-state index < -0.39 is 0 Å². The molecule has 0 spiro atoms. The Balaban J connectivity index is 2.67. The molecule has 1 aromatic rings. The fourth-order valence-corrected chi connectivity index (χ4v) is 1.65. The lowest BCUT2D eigenvalue weighted by molar-refractivity contribution is -0.122. The van der Waals surface area contributed by atoms with Crippen molar-refractivity contribution in [2.45, 2.75) is 19.3 Å². The van der Waals surface area contributed by atoms with Gasteiger partial charge >= 0.3 is 0 Å². The number of benzene rings is 1. The van der Waals surface area contributed by atoms with Gasteiger partial charge < -0.3 is 5.32 Å². The van der Waals surface area contributed by atoms with Crippen molar-refractivity contribution in [1.29, 1.82) is 0 Å². The van der Waals surface area contributed by atoms with Crippen LogP contribution in [-0.4, -0.2) is 18.3 Å². The highest BCUT2D eigenvalue weighted by Crippen LogP contribution is 2.18. The molecule has 0 heterocycles. The van der Waals surface area contributed by atoms with Crippen LogP contribution in [0, 0.1) is 0 Å². The zero-order chi connectivity index (χ0) is 11.1. The summed E-state index contributed by atoms with van der Waals surface area (Å²) in [6.07, 6.45) is 0.804. The first-order valence-electron chi connectivity index (χ1n) is 5.18. The Labute approximate surface area is 95.6 Å². The molecule has 2 nitrogen and oxygen atoms in total. The summed E-state index contributed by atoms with van der Waals surface area (Å²) < 4.78 is 0. The van der Waals surface area contributed by atoms with Gasteiger partial charge in [-0.2, -0.15) is 0 Å². The minimum Gasteiger partial charge on any atom is -0.354 e. The van der Waals surface area contributed by atoms with Gasteiger partial charge in [-0.05, 0) is 12.0 Å². The van der Waals surface area contributed by atoms with Crippen LogP contribution in [0.15, 0.2) is 30.3 Å². The minimum atomic E-state index is -0.0607. The Morgan fingerprint density at radius 2 is 2.07 bits per heavy atom. The lowest BCUT2D eigenvalue weighted by atomic mass is 9.96. The zero-order valence-electron chi connectivity index (χ0n) is 8.87. The molecule has 0 aliphatic heterocycles. The summed E-state index contributed by atoms with van der Waals surface area (Å²) in [4.78, 5) is 11.8. The average Bonchev–Trinajstić information content (AvgIpc) is 2.29. The topological polar surface area (TPSA) is 29.1 Å². The SMILES string of the molecule is CCC(C(=O)NCCCl)c1ccccc1. The highest BCUT2D eigenvalue weighted by molar-refractivity contribution is 6.18. The summed E-state index contributed by atoms with van der Waals surface area (Å²) in [7, 11) is 0. The quantitative estimate of drug-likeness (QED) is 0.767. The van der Waals surface area contributed by atoms with E-state index in [-0.39, 0.29) is 11.8 Å². The Morgan fingerprint density at radius 3 is 2.60 bits per heavy atom. The predicted molar refractivity (Wildman–Crippen MR) is 63.2 cm³/mol. The molecule has 1 rings (SSSR count). The number of carbonyl (C=O) groups excluding carboxylic acids is 1. The minimum absolute atomic E-state index is 0.0596. The molecule has 0 aromatic heterocycles. The van der Waals surface area contributed by atoms with Crippen LogP contribution < -0.4 is 5.32 Å². The normalized spacial score (nSPS) is 12.1. The molecule has 1 aromatic carbocycles. The van der Waals surface area contributed by atoms with Gasteiger partial charge in [-0.25, -0.2) is 0 Å². The van der Waals surface area contributed by atoms with Gasteiger partial charge in [-0.15, -0.1) is 11.6 Å². The predicted octanol–water partition coefficient (Wildman–Crippen LogP) is 2.54. The number of alkyl halides is 1. The molecular formula is C12H16ClNO. The van der Waals surface area contributed by atoms with Crippen LogP contribution in [0.1, 0.15) is 24.8 Å². The molecule has 1 atom stereocenters. The zero-order valence-corrected chi connectivity index (χ0v) is 9.63. The monoisotopic (exact) mass is 225 g/mol. The molecule has 1 amide bonds. The molecule has 0 saturated carbocycles. The summed E-state index contributed by atoms with van der Waals surface area (Å²) in [5, 5.41) is 2.81. The third-order valence-corrected chi connectivity index (χ3v) is 2.51. The first-order valence-corrected chi connectivity index (χ1v) is 5.71. The van der Waals surface area contributed by atoms with E-state index in [1.54, 1.807) is 0 Å². The number of carbonyl (C=O) groups is 1. The van der Waals surface area contributed by atoms with Crippen molar-refractivity contribution in [3.05, 3.63) is 35.9 Å². The Hall–Kier alpha value is -1.02. The van der Waals surface area contributed by atoms with Crippen LogP contribution >= 0.6 is 11.6 Å². The Morgan fingerprint density at radius 1 is 1.40 bits per heavy atom. The van der Waals surface area contributed by atoms with E-state index in [4.69, 9.17) is 11.6 Å². The van der Waals surface area contributed by atoms with Crippen molar-refractivity contribution in [2.75, 3.05) is 12.4 Å². The summed E-state index contributed by atoms with van der Waals surface area (Å²) >= 11 is 5.52. The second kappa shape index (κ2) is 6.46. The van der Waals surface area contributed by atoms with E-state index in [9.17, 15) is 4.79 Å². The molecule has 0 saturated heterocycles. The first kappa shape index (κ1) is 12.1. The lowest BCUT2D eigenvalue weighted by Gasteiger charge is -2.14. The fraction of sp³-hybridized carbons (Fsp3) is 0.417. The highest BCUT2D eigenvalue weighted by Gasteiger charge is 2.17. The fourth-order valence-electron chi connectivity index (χ4n) is 1.55. The van der Waals surface area contributed by atoms with Gasteiger partial charge in [-0.1, -0.05) is 37.3 Å². The molecule has 1 N–H and O–H groups in total. The van der Waals surface area contributed by atoms with E-state index in [0.717, 1.165) is 12.0 Å². The molecule has 0 aliphatic carbocycles. The molecule has 0 radical (unpaired) electrons. The van der Waals surface area contributed by atoms with E-state index in [2.05, 4.69) is 5.32 Å². The van der Waals surface area contributed by atoms with Crippen molar-refractivity contribution in [2.24, 2.45) is 0 Å². The first-order chi connectivity index (χ1) is 7.29. The number of hydrogen-bond donors (Lipinski definition) is 1. The van der Waals surface area contributed by atoms with E-state index in [1.807, 2.05) is 37.3 Å². The number of rotatable bonds is 5. The van der Waals surface area contributed by atoms with Crippen LogP contribution in [0.2, 0.25) is 0 Å². The molecule has 15 heavy (non-hydrogen) atoms. The van der Waals surface area contributed by atoms with Gasteiger partial charge in [-0.3, -0.25) is 4.79 Å². The van der Waals surface area contributed by atoms with E-state index in [1.165, 1.54) is 0 Å². The largest absolute Gasteiger partial charge is 0.354 e. The summed E-state index contributed by atoms with van der Waals surface area (Å²) in [5.41, 5.74) is 1.06. The van der Waals surface area contributed by atoms with Crippen molar-refractivity contribution in [1.82, 2.24) is 5.32 Å². The molecule has 82 valence electrons. The van der Waals surface area contributed by atoms with E-state index >= 15 is 0 Å². The maximum absolute atomic E-state index is 11.8. The van der Waals surface area contributed by atoms with Crippen LogP contribution in [0.5, 0.6) is 0 Å². The lowest BCUT2D eigenvalue weighted by Crippen LogP contribution is -2.30. The van der Waals surface area contributed by atoms with Gasteiger partial charge in [0.15, 0.2) is 0 Å². The van der Waals surface area contributed by atoms with Crippen molar-refractivity contribution < 1.29 is 4.79 Å². The third-order valence-electron chi connectivity index (χ3n) is 2.32. The molecule has 0 bridgehead atoms. The summed E-state index contributed by atoms with van der Waals surface area (Å²) in [6.45, 7) is 2.54. The van der Waals surface area contributed by atoms with Gasteiger partial charge in [0.05, 0.1) is 5.92 Å². The maximum Gasteiger partial charge on any atom is 0.227 e. The smallest absolute Gasteiger partial charge is 0.227 e. The third kappa shape index (κ3) is 3.56. The van der Waals surface area contributed by atoms with Crippen molar-refractivity contribution in [3.8, 4) is 0 Å². The number of halogens is 1. The van der Waals surface area contributed by atoms with Crippen molar-refractivity contribution >= 4 is 17.5 Å². The van der Waals surface area contributed by atoms with Gasteiger partial charge in [0, 0.05) is 12.4 Å². The summed E-state index contributed by atoms with van der Waals surface area (Å²) in [6, 6.07) is 9.81. The standard InChI is InChI=1S/C12H16ClNO/c1-2-11(12(15)14-9-8-13)10-6-4-3-5-7-10/h3-7,11H,2,8-9H2,1H3,(H,14,15). The van der Waals surface area contributed by atoms with Crippen LogP contribution in [0.4, 0.5) is 0 Å². The maximum atomic E-state index is 11.8. The second-order valence-electron chi connectivity index (χ2n) is 3.35. The molecular weight excluding hydrogens is 210 g/mol. The van der Waals surface area contributed by atoms with Gasteiger partial charge in [0.2, 0.25) is 5.91 Å². The average molecular weight is 226 g/mol. The Bertz CT molecular complexity index is 300. The van der Waals surface area contributed by atoms with Crippen LogP contribution in [-0.2, 0) is 4.79 Å². The van der Waals surface area contributed by atoms with Crippen molar-refractivity contribution in [3.63, 3.8) is 0 Å². The van der Waals surface area contributed by atoms with Gasteiger partial charge in [0.25, 0.3) is 0 Å². The Kier molecular flexibility index (Phi) is 5.19. The molecule has 0 fully saturated rings. The number of nitrogens with one attached hydrogen (secondary N) is 1. The number of amides is 1. The van der Waals surface area contributed by atoms with E-state index in [0.29, 0.717) is 12.4 Å². The summed E-state index contributed by atoms with van der Waals surface area (Å²) in [5.74, 6) is 0.454. The molecule has 0 aliphatic rings. The van der Waals surface area contributed by atoms with Crippen LogP contribution in [0.3, 0.4) is 0 Å². The number of hydrogen-bond acceptors (Lipinski definition) is 1. The molecule has 1 unspecified atom stereocenters. The second-order valence-corrected chi connectivity index (χ2v) is 3.73. The van der Waals surface area contributed by atoms with Crippen LogP contribution in [0.25, 0.3) is 0 Å². The molecule has 3 heteroatoms. The van der Waals surface area contributed by atoms with Gasteiger partial charge in [0.1, 0.15) is 0 Å².